The van der Waals surface area contributed by atoms with Gasteiger partial charge in [-0.2, -0.15) is 0 Å². The monoisotopic (exact) mass is 209 g/mol. The molecule has 0 radical (unpaired) electrons. The van der Waals surface area contributed by atoms with E-state index in [-0.39, 0.29) is 13.0 Å². The van der Waals surface area contributed by atoms with Gasteiger partial charge in [0.1, 0.15) is 18.4 Å². The quantitative estimate of drug-likeness (QED) is 0.671. The molecule has 7 heteroatoms. The summed E-state index contributed by atoms with van der Waals surface area (Å²) in [7, 11) is 0. The standard InChI is InChI=1S/C8H7N3O4/c12-6-3-7(13)11(8(14)9-6)4-5-1-2-15-10-5/h1-2H,3-4H2,(H,9,12,14). The second kappa shape index (κ2) is 3.52. The molecule has 1 aromatic heterocycles. The van der Waals surface area contributed by atoms with Crippen LogP contribution in [0, 0.1) is 0 Å². The lowest BCUT2D eigenvalue weighted by Crippen LogP contribution is -2.52. The Balaban J connectivity index is 2.11. The van der Waals surface area contributed by atoms with Gasteiger partial charge in [-0.1, -0.05) is 5.16 Å². The lowest BCUT2D eigenvalue weighted by molar-refractivity contribution is -0.136. The van der Waals surface area contributed by atoms with Crippen LogP contribution in [-0.2, 0) is 16.1 Å². The molecule has 0 bridgehead atoms. The third-order valence-corrected chi connectivity index (χ3v) is 1.92. The molecule has 7 nitrogen and oxygen atoms in total. The summed E-state index contributed by atoms with van der Waals surface area (Å²) < 4.78 is 4.56. The van der Waals surface area contributed by atoms with Gasteiger partial charge in [0, 0.05) is 6.07 Å². The van der Waals surface area contributed by atoms with Crippen LogP contribution < -0.4 is 5.32 Å². The number of imide groups is 2. The van der Waals surface area contributed by atoms with Crippen molar-refractivity contribution in [3.63, 3.8) is 0 Å². The smallest absolute Gasteiger partial charge is 0.331 e. The summed E-state index contributed by atoms with van der Waals surface area (Å²) in [4.78, 5) is 34.3. The highest BCUT2D eigenvalue weighted by atomic mass is 16.5. The largest absolute Gasteiger partial charge is 0.364 e. The van der Waals surface area contributed by atoms with Crippen LogP contribution in [-0.4, -0.2) is 27.9 Å². The molecule has 0 atom stereocenters. The number of hydrogen-bond donors (Lipinski definition) is 1. The molecule has 0 aliphatic carbocycles. The molecule has 0 saturated carbocycles. The van der Waals surface area contributed by atoms with Crippen molar-refractivity contribution in [2.75, 3.05) is 0 Å². The summed E-state index contributed by atoms with van der Waals surface area (Å²) in [5.41, 5.74) is 0.452. The minimum Gasteiger partial charge on any atom is -0.364 e. The predicted molar refractivity (Wildman–Crippen MR) is 45.2 cm³/mol. The van der Waals surface area contributed by atoms with Crippen molar-refractivity contribution in [2.24, 2.45) is 0 Å². The number of amides is 4. The second-order valence-electron chi connectivity index (χ2n) is 3.00. The summed E-state index contributed by atoms with van der Waals surface area (Å²) in [5, 5.41) is 5.61. The molecule has 1 aliphatic heterocycles. The minimum absolute atomic E-state index is 0.00838. The minimum atomic E-state index is -0.723. The predicted octanol–water partition coefficient (Wildman–Crippen LogP) is -0.357. The molecule has 1 aliphatic rings. The van der Waals surface area contributed by atoms with Gasteiger partial charge >= 0.3 is 6.03 Å². The van der Waals surface area contributed by atoms with E-state index < -0.39 is 17.8 Å². The number of carbonyl (C=O) groups excluding carboxylic acids is 3. The van der Waals surface area contributed by atoms with Gasteiger partial charge in [0.25, 0.3) is 0 Å². The Morgan fingerprint density at radius 2 is 2.27 bits per heavy atom. The van der Waals surface area contributed by atoms with E-state index in [4.69, 9.17) is 0 Å². The van der Waals surface area contributed by atoms with Gasteiger partial charge in [0.05, 0.1) is 6.54 Å². The Bertz CT molecular complexity index is 392. The number of carbonyl (C=O) groups is 3. The summed E-state index contributed by atoms with van der Waals surface area (Å²) in [6, 6.07) is 0.816. The van der Waals surface area contributed by atoms with Crippen molar-refractivity contribution in [3.05, 3.63) is 18.0 Å². The Hall–Kier alpha value is -2.18. The number of rotatable bonds is 2. The Kier molecular flexibility index (Phi) is 2.20. The van der Waals surface area contributed by atoms with E-state index in [2.05, 4.69) is 9.68 Å². The van der Waals surface area contributed by atoms with Crippen molar-refractivity contribution in [3.8, 4) is 0 Å². The average molecular weight is 209 g/mol. The van der Waals surface area contributed by atoms with Gasteiger partial charge in [0.2, 0.25) is 11.8 Å². The lowest BCUT2D eigenvalue weighted by atomic mass is 10.2. The summed E-state index contributed by atoms with van der Waals surface area (Å²) >= 11 is 0. The molecule has 1 fully saturated rings. The van der Waals surface area contributed by atoms with Gasteiger partial charge in [-0.05, 0) is 0 Å². The summed E-state index contributed by atoms with van der Waals surface area (Å²) in [6.07, 6.45) is 1.02. The fraction of sp³-hybridized carbons (Fsp3) is 0.250. The first-order chi connectivity index (χ1) is 7.16. The Morgan fingerprint density at radius 3 is 2.87 bits per heavy atom. The van der Waals surface area contributed by atoms with Gasteiger partial charge in [0.15, 0.2) is 0 Å². The molecule has 0 aromatic carbocycles. The van der Waals surface area contributed by atoms with E-state index >= 15 is 0 Å². The maximum Gasteiger partial charge on any atom is 0.331 e. The maximum absolute atomic E-state index is 11.3. The Labute approximate surface area is 84.0 Å². The maximum atomic E-state index is 11.3. The lowest BCUT2D eigenvalue weighted by Gasteiger charge is -2.23. The number of nitrogens with zero attached hydrogens (tertiary/aromatic N) is 2. The number of urea groups is 1. The molecule has 78 valence electrons. The van der Waals surface area contributed by atoms with Crippen LogP contribution >= 0.6 is 0 Å². The van der Waals surface area contributed by atoms with E-state index in [1.54, 1.807) is 0 Å². The van der Waals surface area contributed by atoms with Gasteiger partial charge in [-0.15, -0.1) is 0 Å². The molecule has 15 heavy (non-hydrogen) atoms. The van der Waals surface area contributed by atoms with E-state index in [0.29, 0.717) is 5.69 Å². The molecule has 1 N–H and O–H groups in total. The first-order valence-corrected chi connectivity index (χ1v) is 4.20. The van der Waals surface area contributed by atoms with E-state index in [1.807, 2.05) is 5.32 Å². The fourth-order valence-electron chi connectivity index (χ4n) is 1.22. The number of aromatic nitrogens is 1. The van der Waals surface area contributed by atoms with E-state index in [1.165, 1.54) is 12.3 Å². The molecule has 0 unspecified atom stereocenters. The van der Waals surface area contributed by atoms with Crippen molar-refractivity contribution < 1.29 is 18.9 Å². The molecular formula is C8H7N3O4. The van der Waals surface area contributed by atoms with Crippen molar-refractivity contribution in [1.82, 2.24) is 15.4 Å². The van der Waals surface area contributed by atoms with Gasteiger partial charge in [-0.3, -0.25) is 19.8 Å². The van der Waals surface area contributed by atoms with Crippen LogP contribution in [0.15, 0.2) is 16.9 Å². The zero-order valence-corrected chi connectivity index (χ0v) is 7.60. The first kappa shape index (κ1) is 9.38. The van der Waals surface area contributed by atoms with Crippen LogP contribution in [0.1, 0.15) is 12.1 Å². The van der Waals surface area contributed by atoms with Crippen LogP contribution in [0.4, 0.5) is 4.79 Å². The average Bonchev–Trinajstić information content (AvgIpc) is 2.63. The molecule has 2 rings (SSSR count). The SMILES string of the molecule is O=C1CC(=O)N(Cc2ccon2)C(=O)N1. The highest BCUT2D eigenvalue weighted by Crippen LogP contribution is 2.07. The third-order valence-electron chi connectivity index (χ3n) is 1.92. The van der Waals surface area contributed by atoms with Crippen LogP contribution in [0.3, 0.4) is 0 Å². The first-order valence-electron chi connectivity index (χ1n) is 4.20. The number of hydrogen-bond acceptors (Lipinski definition) is 5. The number of nitrogens with one attached hydrogen (secondary N) is 1. The molecule has 4 amide bonds. The normalized spacial score (nSPS) is 16.8. The van der Waals surface area contributed by atoms with Crippen LogP contribution in [0.5, 0.6) is 0 Å². The topological polar surface area (TPSA) is 92.5 Å². The zero-order chi connectivity index (χ0) is 10.8. The highest BCUT2D eigenvalue weighted by Gasteiger charge is 2.31. The molecule has 1 aromatic rings. The number of barbiturate groups is 1. The van der Waals surface area contributed by atoms with Crippen molar-refractivity contribution in [1.29, 1.82) is 0 Å². The van der Waals surface area contributed by atoms with Crippen LogP contribution in [0.2, 0.25) is 0 Å². The summed E-state index contributed by atoms with van der Waals surface area (Å²) in [5.74, 6) is -1.12. The summed E-state index contributed by atoms with van der Waals surface area (Å²) in [6.45, 7) is 0.00838. The van der Waals surface area contributed by atoms with Crippen LogP contribution in [0.25, 0.3) is 0 Å². The molecular weight excluding hydrogens is 202 g/mol. The van der Waals surface area contributed by atoms with Crippen molar-refractivity contribution in [2.45, 2.75) is 13.0 Å². The zero-order valence-electron chi connectivity index (χ0n) is 7.60. The highest BCUT2D eigenvalue weighted by molar-refractivity contribution is 6.13. The molecule has 1 saturated heterocycles. The van der Waals surface area contributed by atoms with E-state index in [0.717, 1.165) is 4.90 Å². The molecule has 2 heterocycles. The fourth-order valence-corrected chi connectivity index (χ4v) is 1.22. The van der Waals surface area contributed by atoms with Gasteiger partial charge in [-0.25, -0.2) is 4.79 Å². The second-order valence-corrected chi connectivity index (χ2v) is 3.00. The van der Waals surface area contributed by atoms with E-state index in [9.17, 15) is 14.4 Å². The Morgan fingerprint density at radius 1 is 1.47 bits per heavy atom. The molecule has 0 spiro atoms. The van der Waals surface area contributed by atoms with Gasteiger partial charge < -0.3 is 4.52 Å². The van der Waals surface area contributed by atoms with Crippen molar-refractivity contribution >= 4 is 17.8 Å². The third kappa shape index (κ3) is 1.85.